The van der Waals surface area contributed by atoms with Crippen molar-refractivity contribution in [3.63, 3.8) is 0 Å². The summed E-state index contributed by atoms with van der Waals surface area (Å²) in [5.41, 5.74) is 0.984. The predicted octanol–water partition coefficient (Wildman–Crippen LogP) is 2.72. The third-order valence-corrected chi connectivity index (χ3v) is 4.94. The second kappa shape index (κ2) is 7.92. The molecular weight excluding hydrogens is 286 g/mol. The van der Waals surface area contributed by atoms with E-state index in [9.17, 15) is 8.42 Å². The first kappa shape index (κ1) is 18.1. The minimum absolute atomic E-state index is 0.134. The van der Waals surface area contributed by atoms with Gasteiger partial charge in [0.05, 0.1) is 4.90 Å². The Morgan fingerprint density at radius 3 is 2.33 bits per heavy atom. The van der Waals surface area contributed by atoms with Gasteiger partial charge in [0.1, 0.15) is 0 Å². The minimum atomic E-state index is -3.46. The van der Waals surface area contributed by atoms with Gasteiger partial charge in [-0.2, -0.15) is 0 Å². The highest BCUT2D eigenvalue weighted by molar-refractivity contribution is 7.89. The molecule has 0 spiro atoms. The maximum atomic E-state index is 12.3. The number of hydrogen-bond acceptors (Lipinski definition) is 3. The van der Waals surface area contributed by atoms with Crippen molar-refractivity contribution in [2.75, 3.05) is 13.2 Å². The molecule has 0 bridgehead atoms. The summed E-state index contributed by atoms with van der Waals surface area (Å²) in [6.45, 7) is 6.59. The highest BCUT2D eigenvalue weighted by Gasteiger charge is 2.21. The molecule has 0 atom stereocenters. The summed E-state index contributed by atoms with van der Waals surface area (Å²) in [5, 5.41) is 8.87. The molecule has 5 heteroatoms. The summed E-state index contributed by atoms with van der Waals surface area (Å²) < 4.78 is 27.2. The van der Waals surface area contributed by atoms with E-state index < -0.39 is 10.0 Å². The maximum Gasteiger partial charge on any atom is 0.240 e. The first-order chi connectivity index (χ1) is 9.80. The summed E-state index contributed by atoms with van der Waals surface area (Å²) in [7, 11) is -3.46. The molecular formula is C16H27NO3S. The highest BCUT2D eigenvalue weighted by Crippen LogP contribution is 2.22. The molecule has 1 aromatic carbocycles. The molecule has 0 unspecified atom stereocenters. The Hall–Kier alpha value is -0.910. The van der Waals surface area contributed by atoms with Crippen LogP contribution in [0.5, 0.6) is 0 Å². The Balaban J connectivity index is 2.68. The van der Waals surface area contributed by atoms with Crippen molar-refractivity contribution >= 4 is 10.0 Å². The van der Waals surface area contributed by atoms with Crippen LogP contribution in [-0.4, -0.2) is 26.7 Å². The van der Waals surface area contributed by atoms with Gasteiger partial charge in [-0.25, -0.2) is 13.1 Å². The number of aliphatic hydroxyl groups excluding tert-OH is 1. The van der Waals surface area contributed by atoms with Crippen molar-refractivity contribution in [3.05, 3.63) is 29.8 Å². The Labute approximate surface area is 128 Å². The number of rotatable bonds is 9. The standard InChI is InChI=1S/C16H27NO3S/c1-4-6-14-7-9-15(10-8-14)21(19,20)17-13-16(2,3)11-5-12-18/h7-10,17-18H,4-6,11-13H2,1-3H3. The van der Waals surface area contributed by atoms with Crippen molar-refractivity contribution in [2.45, 2.75) is 51.3 Å². The van der Waals surface area contributed by atoms with Crippen LogP contribution in [0.3, 0.4) is 0 Å². The molecule has 0 aromatic heterocycles. The van der Waals surface area contributed by atoms with Crippen molar-refractivity contribution in [1.82, 2.24) is 4.72 Å². The highest BCUT2D eigenvalue weighted by atomic mass is 32.2. The average molecular weight is 313 g/mol. The predicted molar refractivity (Wildman–Crippen MR) is 85.7 cm³/mol. The monoisotopic (exact) mass is 313 g/mol. The zero-order valence-corrected chi connectivity index (χ0v) is 14.0. The van der Waals surface area contributed by atoms with Gasteiger partial charge >= 0.3 is 0 Å². The Morgan fingerprint density at radius 1 is 1.19 bits per heavy atom. The fraction of sp³-hybridized carbons (Fsp3) is 0.625. The Kier molecular flexibility index (Phi) is 6.84. The summed E-state index contributed by atoms with van der Waals surface area (Å²) >= 11 is 0. The largest absolute Gasteiger partial charge is 0.396 e. The van der Waals surface area contributed by atoms with Crippen molar-refractivity contribution in [3.8, 4) is 0 Å². The fourth-order valence-corrected chi connectivity index (χ4v) is 3.39. The van der Waals surface area contributed by atoms with Crippen LogP contribution >= 0.6 is 0 Å². The van der Waals surface area contributed by atoms with E-state index in [4.69, 9.17) is 5.11 Å². The number of aliphatic hydroxyl groups is 1. The van der Waals surface area contributed by atoms with E-state index in [-0.39, 0.29) is 12.0 Å². The lowest BCUT2D eigenvalue weighted by Crippen LogP contribution is -2.34. The zero-order chi connectivity index (χ0) is 15.9. The van der Waals surface area contributed by atoms with Crippen molar-refractivity contribution < 1.29 is 13.5 Å². The van der Waals surface area contributed by atoms with Crippen LogP contribution < -0.4 is 4.72 Å². The first-order valence-electron chi connectivity index (χ1n) is 7.50. The van der Waals surface area contributed by atoms with E-state index in [0.717, 1.165) is 24.8 Å². The molecule has 1 rings (SSSR count). The SMILES string of the molecule is CCCc1ccc(S(=O)(=O)NCC(C)(C)CCCO)cc1. The van der Waals surface area contributed by atoms with Crippen LogP contribution in [0, 0.1) is 5.41 Å². The van der Waals surface area contributed by atoms with Crippen LogP contribution in [0.25, 0.3) is 0 Å². The van der Waals surface area contributed by atoms with E-state index in [2.05, 4.69) is 11.6 Å². The maximum absolute atomic E-state index is 12.3. The number of benzene rings is 1. The molecule has 1 aromatic rings. The van der Waals surface area contributed by atoms with E-state index in [1.165, 1.54) is 0 Å². The number of aryl methyl sites for hydroxylation is 1. The van der Waals surface area contributed by atoms with Gasteiger partial charge in [0.25, 0.3) is 0 Å². The van der Waals surface area contributed by atoms with E-state index in [1.54, 1.807) is 12.1 Å². The summed E-state index contributed by atoms with van der Waals surface area (Å²) in [5.74, 6) is 0. The molecule has 0 aliphatic rings. The first-order valence-corrected chi connectivity index (χ1v) is 8.98. The van der Waals surface area contributed by atoms with Crippen LogP contribution in [0.2, 0.25) is 0 Å². The molecule has 0 aliphatic carbocycles. The van der Waals surface area contributed by atoms with Gasteiger partial charge in [0, 0.05) is 13.2 Å². The van der Waals surface area contributed by atoms with Gasteiger partial charge in [0.2, 0.25) is 10.0 Å². The molecule has 4 nitrogen and oxygen atoms in total. The third kappa shape index (κ3) is 6.16. The van der Waals surface area contributed by atoms with E-state index in [1.807, 2.05) is 26.0 Å². The van der Waals surface area contributed by atoms with Crippen LogP contribution in [0.1, 0.15) is 45.6 Å². The number of sulfonamides is 1. The van der Waals surface area contributed by atoms with Crippen LogP contribution in [-0.2, 0) is 16.4 Å². The van der Waals surface area contributed by atoms with Crippen molar-refractivity contribution in [1.29, 1.82) is 0 Å². The molecule has 0 saturated carbocycles. The van der Waals surface area contributed by atoms with Gasteiger partial charge in [-0.1, -0.05) is 39.3 Å². The molecule has 0 amide bonds. The summed E-state index contributed by atoms with van der Waals surface area (Å²) in [6.07, 6.45) is 3.47. The Bertz CT molecular complexity index is 521. The zero-order valence-electron chi connectivity index (χ0n) is 13.2. The molecule has 2 N–H and O–H groups in total. The molecule has 0 aliphatic heterocycles. The Morgan fingerprint density at radius 2 is 1.81 bits per heavy atom. The second-order valence-corrected chi connectivity index (χ2v) is 7.98. The average Bonchev–Trinajstić information content (AvgIpc) is 2.44. The van der Waals surface area contributed by atoms with Gasteiger partial charge in [-0.15, -0.1) is 0 Å². The molecule has 0 fully saturated rings. The smallest absolute Gasteiger partial charge is 0.240 e. The van der Waals surface area contributed by atoms with Crippen molar-refractivity contribution in [2.24, 2.45) is 5.41 Å². The van der Waals surface area contributed by atoms with Gasteiger partial charge in [-0.05, 0) is 42.4 Å². The topological polar surface area (TPSA) is 66.4 Å². The molecule has 0 saturated heterocycles. The summed E-state index contributed by atoms with van der Waals surface area (Å²) in [4.78, 5) is 0.306. The summed E-state index contributed by atoms with van der Waals surface area (Å²) in [6, 6.07) is 7.06. The van der Waals surface area contributed by atoms with Gasteiger partial charge < -0.3 is 5.11 Å². The number of hydrogen-bond donors (Lipinski definition) is 2. The number of nitrogens with one attached hydrogen (secondary N) is 1. The second-order valence-electron chi connectivity index (χ2n) is 6.21. The third-order valence-electron chi connectivity index (χ3n) is 3.52. The van der Waals surface area contributed by atoms with Crippen LogP contribution in [0.4, 0.5) is 0 Å². The van der Waals surface area contributed by atoms with E-state index in [0.29, 0.717) is 17.9 Å². The molecule has 0 heterocycles. The lowest BCUT2D eigenvalue weighted by Gasteiger charge is -2.24. The normalized spacial score (nSPS) is 12.6. The molecule has 120 valence electrons. The quantitative estimate of drug-likeness (QED) is 0.736. The van der Waals surface area contributed by atoms with Crippen LogP contribution in [0.15, 0.2) is 29.2 Å². The van der Waals surface area contributed by atoms with Gasteiger partial charge in [-0.3, -0.25) is 0 Å². The molecule has 21 heavy (non-hydrogen) atoms. The van der Waals surface area contributed by atoms with E-state index >= 15 is 0 Å². The molecule has 0 radical (unpaired) electrons. The lowest BCUT2D eigenvalue weighted by molar-refractivity contribution is 0.242. The van der Waals surface area contributed by atoms with Gasteiger partial charge in [0.15, 0.2) is 0 Å². The fourth-order valence-electron chi connectivity index (χ4n) is 2.14. The minimum Gasteiger partial charge on any atom is -0.396 e. The lowest BCUT2D eigenvalue weighted by atomic mass is 9.88.